The fourth-order valence-corrected chi connectivity index (χ4v) is 7.80. The average Bonchev–Trinajstić information content (AvgIpc) is 3.85. The van der Waals surface area contributed by atoms with Crippen molar-refractivity contribution >= 4 is 87.5 Å². The van der Waals surface area contributed by atoms with Crippen LogP contribution < -0.4 is 0 Å². The van der Waals surface area contributed by atoms with Gasteiger partial charge >= 0.3 is 0 Å². The molecule has 4 aromatic heterocycles. The fraction of sp³-hybridized carbons (Fsp3) is 0. The molecule has 0 unspecified atom stereocenters. The van der Waals surface area contributed by atoms with E-state index in [-0.39, 0.29) is 0 Å². The van der Waals surface area contributed by atoms with Gasteiger partial charge in [0.1, 0.15) is 16.7 Å². The molecule has 11 aromatic rings. The van der Waals surface area contributed by atoms with Crippen LogP contribution in [0.2, 0.25) is 0 Å². The third-order valence-corrected chi connectivity index (χ3v) is 9.71. The van der Waals surface area contributed by atoms with Crippen molar-refractivity contribution in [3.63, 3.8) is 0 Å². The molecular weight excluding hydrogens is 564 g/mol. The Morgan fingerprint density at radius 2 is 1.00 bits per heavy atom. The molecule has 46 heavy (non-hydrogen) atoms. The number of benzene rings is 7. The molecule has 0 saturated carbocycles. The third kappa shape index (κ3) is 3.03. The monoisotopic (exact) mass is 588 g/mol. The summed E-state index contributed by atoms with van der Waals surface area (Å²) < 4.78 is 17.6. The van der Waals surface area contributed by atoms with Gasteiger partial charge < -0.3 is 18.0 Å². The van der Waals surface area contributed by atoms with Gasteiger partial charge in [-0.15, -0.1) is 0 Å². The molecule has 0 aliphatic carbocycles. The maximum atomic E-state index is 6.57. The summed E-state index contributed by atoms with van der Waals surface area (Å²) in [5.41, 5.74) is 10.4. The van der Waals surface area contributed by atoms with Crippen LogP contribution in [0.15, 0.2) is 154 Å². The van der Waals surface area contributed by atoms with Gasteiger partial charge in [0.2, 0.25) is 0 Å². The Balaban J connectivity index is 1.31. The first-order valence-electron chi connectivity index (χ1n) is 15.6. The summed E-state index contributed by atoms with van der Waals surface area (Å²) in [5.74, 6) is 0. The predicted molar refractivity (Wildman–Crippen MR) is 190 cm³/mol. The predicted octanol–water partition coefficient (Wildman–Crippen LogP) is 11.7. The quantitative estimate of drug-likeness (QED) is 0.201. The molecule has 214 valence electrons. The summed E-state index contributed by atoms with van der Waals surface area (Å²) in [6.07, 6.45) is 0. The lowest BCUT2D eigenvalue weighted by Crippen LogP contribution is -1.95. The van der Waals surface area contributed by atoms with Crippen LogP contribution in [0.25, 0.3) is 98.9 Å². The van der Waals surface area contributed by atoms with Crippen LogP contribution in [0, 0.1) is 0 Å². The van der Waals surface area contributed by atoms with E-state index in [1.807, 2.05) is 24.3 Å². The molecule has 4 heterocycles. The summed E-state index contributed by atoms with van der Waals surface area (Å²) in [6.45, 7) is 0. The zero-order valence-electron chi connectivity index (χ0n) is 24.6. The maximum Gasteiger partial charge on any atom is 0.159 e. The van der Waals surface area contributed by atoms with E-state index < -0.39 is 0 Å². The van der Waals surface area contributed by atoms with Crippen molar-refractivity contribution in [1.29, 1.82) is 0 Å². The Bertz CT molecular complexity index is 3040. The van der Waals surface area contributed by atoms with E-state index in [9.17, 15) is 0 Å². The summed E-state index contributed by atoms with van der Waals surface area (Å²) in [6, 6.07) is 51.7. The highest BCUT2D eigenvalue weighted by molar-refractivity contribution is 6.26. The van der Waals surface area contributed by atoms with E-state index in [1.54, 1.807) is 0 Å². The average molecular weight is 589 g/mol. The van der Waals surface area contributed by atoms with Crippen molar-refractivity contribution < 1.29 is 8.83 Å². The van der Waals surface area contributed by atoms with Crippen molar-refractivity contribution in [3.8, 4) is 11.4 Å². The van der Waals surface area contributed by atoms with Gasteiger partial charge in [-0.1, -0.05) is 91.0 Å². The largest absolute Gasteiger partial charge is 0.456 e. The van der Waals surface area contributed by atoms with Crippen molar-refractivity contribution in [3.05, 3.63) is 146 Å². The van der Waals surface area contributed by atoms with Gasteiger partial charge in [-0.25, -0.2) is 0 Å². The van der Waals surface area contributed by atoms with Crippen LogP contribution >= 0.6 is 0 Å². The van der Waals surface area contributed by atoms with Crippen LogP contribution in [0.5, 0.6) is 0 Å². The van der Waals surface area contributed by atoms with E-state index in [2.05, 4.69) is 130 Å². The Labute approximate surface area is 261 Å². The molecule has 4 nitrogen and oxygen atoms in total. The molecule has 0 fully saturated rings. The van der Waals surface area contributed by atoms with Crippen LogP contribution in [-0.4, -0.2) is 9.13 Å². The molecule has 0 amide bonds. The molecule has 0 aliphatic heterocycles. The lowest BCUT2D eigenvalue weighted by molar-refractivity contribution is 0.666. The highest BCUT2D eigenvalue weighted by Crippen LogP contribution is 2.44. The summed E-state index contributed by atoms with van der Waals surface area (Å²) in [4.78, 5) is 0. The minimum Gasteiger partial charge on any atom is -0.456 e. The molecule has 11 rings (SSSR count). The second kappa shape index (κ2) is 8.68. The molecule has 0 radical (unpaired) electrons. The molecule has 0 atom stereocenters. The lowest BCUT2D eigenvalue weighted by atomic mass is 10.1. The van der Waals surface area contributed by atoms with Gasteiger partial charge in [-0.2, -0.15) is 0 Å². The van der Waals surface area contributed by atoms with Crippen LogP contribution in [0.4, 0.5) is 0 Å². The molecule has 0 N–H and O–H groups in total. The Hall–Kier alpha value is -6.26. The van der Waals surface area contributed by atoms with Gasteiger partial charge in [-0.3, -0.25) is 0 Å². The highest BCUT2D eigenvalue weighted by Gasteiger charge is 2.23. The Kier molecular flexibility index (Phi) is 4.55. The first-order chi connectivity index (χ1) is 22.8. The van der Waals surface area contributed by atoms with Crippen LogP contribution in [0.1, 0.15) is 0 Å². The Morgan fingerprint density at radius 1 is 0.370 bits per heavy atom. The molecule has 0 saturated heterocycles. The first kappa shape index (κ1) is 24.1. The summed E-state index contributed by atoms with van der Waals surface area (Å²) >= 11 is 0. The number of hydrogen-bond acceptors (Lipinski definition) is 2. The number of aromatic nitrogens is 2. The Morgan fingerprint density at radius 3 is 1.83 bits per heavy atom. The smallest absolute Gasteiger partial charge is 0.159 e. The van der Waals surface area contributed by atoms with E-state index in [4.69, 9.17) is 8.83 Å². The van der Waals surface area contributed by atoms with E-state index in [1.165, 1.54) is 32.6 Å². The van der Waals surface area contributed by atoms with E-state index in [0.717, 1.165) is 66.3 Å². The fourth-order valence-electron chi connectivity index (χ4n) is 7.80. The molecule has 0 aliphatic rings. The minimum absolute atomic E-state index is 0.893. The van der Waals surface area contributed by atoms with Crippen LogP contribution in [0.3, 0.4) is 0 Å². The topological polar surface area (TPSA) is 36.1 Å². The minimum atomic E-state index is 0.893. The van der Waals surface area contributed by atoms with Crippen molar-refractivity contribution in [2.24, 2.45) is 0 Å². The zero-order chi connectivity index (χ0) is 29.9. The number of furan rings is 2. The van der Waals surface area contributed by atoms with Crippen molar-refractivity contribution in [1.82, 2.24) is 9.13 Å². The summed E-state index contributed by atoms with van der Waals surface area (Å²) in [5, 5.41) is 9.37. The first-order valence-corrected chi connectivity index (χ1v) is 15.6. The lowest BCUT2D eigenvalue weighted by Gasteiger charge is -2.10. The number of rotatable bonds is 2. The molecular formula is C42H24N2O2. The zero-order valence-corrected chi connectivity index (χ0v) is 24.6. The standard InChI is InChI=1S/C42H24N2O2/c1-5-15-33-26(10-1)29-21-22-35-40(41(29)43(33)25-20-23-39-32(24-25)28-12-4-7-18-37(28)45-39)31-13-2-6-16-34(31)44(35)36-17-9-14-30-27-11-3-8-19-38(27)46-42(30)36/h1-24H. The maximum absolute atomic E-state index is 6.57. The third-order valence-electron chi connectivity index (χ3n) is 9.71. The van der Waals surface area contributed by atoms with Gasteiger partial charge in [0.05, 0.1) is 27.8 Å². The number of para-hydroxylation sites is 5. The van der Waals surface area contributed by atoms with Crippen molar-refractivity contribution in [2.45, 2.75) is 0 Å². The highest BCUT2D eigenvalue weighted by atomic mass is 16.3. The van der Waals surface area contributed by atoms with Gasteiger partial charge in [0, 0.05) is 48.8 Å². The number of hydrogen-bond donors (Lipinski definition) is 0. The normalized spacial score (nSPS) is 12.3. The number of fused-ring (bicyclic) bond motifs is 13. The molecule has 0 bridgehead atoms. The molecule has 0 spiro atoms. The SMILES string of the molecule is c1ccc2c(c1)oc1ccc(-n3c4ccccc4c4ccc5c(c6ccccc6n5-c5cccc6c5oc5ccccc56)c43)cc12. The second-order valence-corrected chi connectivity index (χ2v) is 12.1. The molecule has 7 aromatic carbocycles. The van der Waals surface area contributed by atoms with Crippen LogP contribution in [-0.2, 0) is 0 Å². The molecule has 4 heteroatoms. The van der Waals surface area contributed by atoms with E-state index in [0.29, 0.717) is 0 Å². The second-order valence-electron chi connectivity index (χ2n) is 12.1. The number of nitrogens with zero attached hydrogens (tertiary/aromatic N) is 2. The van der Waals surface area contributed by atoms with Gasteiger partial charge in [0.15, 0.2) is 5.58 Å². The van der Waals surface area contributed by atoms with Crippen molar-refractivity contribution in [2.75, 3.05) is 0 Å². The van der Waals surface area contributed by atoms with Gasteiger partial charge in [-0.05, 0) is 54.6 Å². The van der Waals surface area contributed by atoms with E-state index >= 15 is 0 Å². The van der Waals surface area contributed by atoms with Gasteiger partial charge in [0.25, 0.3) is 0 Å². The summed E-state index contributed by atoms with van der Waals surface area (Å²) in [7, 11) is 0.